The van der Waals surface area contributed by atoms with Crippen molar-refractivity contribution < 1.29 is 21.6 Å². The molecule has 0 unspecified atom stereocenters. The molecule has 1 aromatic heterocycles. The van der Waals surface area contributed by atoms with Gasteiger partial charge in [0.05, 0.1) is 4.90 Å². The van der Waals surface area contributed by atoms with E-state index in [9.17, 15) is 22.0 Å². The lowest BCUT2D eigenvalue weighted by Gasteiger charge is -2.25. The molecule has 0 radical (unpaired) electrons. The van der Waals surface area contributed by atoms with Gasteiger partial charge in [-0.05, 0) is 60.9 Å². The van der Waals surface area contributed by atoms with Crippen molar-refractivity contribution in [3.63, 3.8) is 0 Å². The maximum absolute atomic E-state index is 14.9. The maximum Gasteiger partial charge on any atom is 0.434 e. The fourth-order valence-corrected chi connectivity index (χ4v) is 5.58. The quantitative estimate of drug-likeness (QED) is 0.331. The van der Waals surface area contributed by atoms with Crippen LogP contribution >= 0.6 is 11.6 Å². The van der Waals surface area contributed by atoms with E-state index in [1.54, 1.807) is 32.9 Å². The van der Waals surface area contributed by atoms with Crippen molar-refractivity contribution in [2.75, 3.05) is 0 Å². The van der Waals surface area contributed by atoms with E-state index >= 15 is 0 Å². The Morgan fingerprint density at radius 3 is 2.42 bits per heavy atom. The second-order valence-electron chi connectivity index (χ2n) is 8.36. The van der Waals surface area contributed by atoms with E-state index in [0.29, 0.717) is 5.56 Å². The summed E-state index contributed by atoms with van der Waals surface area (Å²) >= 11 is 6.25. The average molecular weight is 534 g/mol. The minimum atomic E-state index is -4.32. The zero-order valence-electron chi connectivity index (χ0n) is 19.5. The second-order valence-corrected chi connectivity index (χ2v) is 10.5. The van der Waals surface area contributed by atoms with Crippen molar-refractivity contribution in [3.05, 3.63) is 104 Å². The molecule has 0 aliphatic carbocycles. The molecule has 0 aliphatic rings. The Balaban J connectivity index is 1.80. The first-order chi connectivity index (χ1) is 17.0. The first-order valence-electron chi connectivity index (χ1n) is 10.9. The number of rotatable bonds is 7. The van der Waals surface area contributed by atoms with E-state index in [1.807, 2.05) is 0 Å². The molecule has 0 fully saturated rings. The molecule has 0 amide bonds. The third-order valence-corrected chi connectivity index (χ3v) is 7.87. The van der Waals surface area contributed by atoms with E-state index in [1.165, 1.54) is 42.5 Å². The van der Waals surface area contributed by atoms with Crippen molar-refractivity contribution in [1.29, 1.82) is 0 Å². The van der Waals surface area contributed by atoms with E-state index in [0.717, 1.165) is 5.56 Å². The number of sulfonamides is 1. The Hall–Kier alpha value is -3.34. The third-order valence-electron chi connectivity index (χ3n) is 6.10. The van der Waals surface area contributed by atoms with Crippen molar-refractivity contribution in [2.45, 2.75) is 37.6 Å². The Labute approximate surface area is 211 Å². The van der Waals surface area contributed by atoms with Crippen LogP contribution in [0.15, 0.2) is 68.7 Å². The molecule has 0 saturated carbocycles. The number of benzene rings is 3. The molecule has 2 N–H and O–H groups in total. The second kappa shape index (κ2) is 9.96. The predicted octanol–water partition coefficient (Wildman–Crippen LogP) is 5.40. The first-order valence-corrected chi connectivity index (χ1v) is 12.7. The summed E-state index contributed by atoms with van der Waals surface area (Å²) in [5.41, 5.74) is 1.97. The highest BCUT2D eigenvalue weighted by atomic mass is 35.5. The Bertz CT molecular complexity index is 1600. The molecule has 4 rings (SSSR count). The molecule has 0 bridgehead atoms. The van der Waals surface area contributed by atoms with Gasteiger partial charge in [-0.15, -0.1) is 5.10 Å². The predicted molar refractivity (Wildman–Crippen MR) is 131 cm³/mol. The van der Waals surface area contributed by atoms with Crippen LogP contribution in [0, 0.1) is 25.5 Å². The molecule has 11 heteroatoms. The lowest BCUT2D eigenvalue weighted by atomic mass is 9.88. The summed E-state index contributed by atoms with van der Waals surface area (Å²) in [4.78, 5) is 11.4. The van der Waals surface area contributed by atoms with Gasteiger partial charge in [-0.1, -0.05) is 42.8 Å². The molecule has 0 spiro atoms. The SMILES string of the molecule is Cc1ccc(F)c([C@@H](C)[C@H](NS(=O)(=O)c2ccc(Cl)c(-c3ccccc3F)c2)c2n[nH]c(=O)o2)c1C. The standard InChI is InChI=1S/C25H22ClF2N3O4S/c1-13-8-11-21(28)22(14(13)2)15(3)23(24-29-30-25(32)35-24)31-36(33,34)16-9-10-19(26)18(12-16)17-6-4-5-7-20(17)27/h4-12,15,23,31H,1-3H3,(H,30,32)/t15-,23+/m1/s1. The van der Waals surface area contributed by atoms with Crippen LogP contribution in [0.3, 0.4) is 0 Å². The Morgan fingerprint density at radius 1 is 1.03 bits per heavy atom. The van der Waals surface area contributed by atoms with Crippen LogP contribution in [0.5, 0.6) is 0 Å². The number of hydrogen-bond acceptors (Lipinski definition) is 5. The first kappa shape index (κ1) is 25.7. The molecule has 36 heavy (non-hydrogen) atoms. The fourth-order valence-electron chi connectivity index (χ4n) is 4.06. The van der Waals surface area contributed by atoms with Crippen LogP contribution < -0.4 is 10.5 Å². The Kier molecular flexibility index (Phi) is 7.12. The lowest BCUT2D eigenvalue weighted by molar-refractivity contribution is 0.377. The van der Waals surface area contributed by atoms with Gasteiger partial charge in [0.25, 0.3) is 0 Å². The summed E-state index contributed by atoms with van der Waals surface area (Å²) in [6, 6.07) is 11.3. The van der Waals surface area contributed by atoms with Crippen molar-refractivity contribution >= 4 is 21.6 Å². The van der Waals surface area contributed by atoms with Crippen LogP contribution in [-0.4, -0.2) is 18.6 Å². The monoisotopic (exact) mass is 533 g/mol. The van der Waals surface area contributed by atoms with Gasteiger partial charge in [0, 0.05) is 22.1 Å². The fraction of sp³-hybridized carbons (Fsp3) is 0.200. The lowest BCUT2D eigenvalue weighted by Crippen LogP contribution is -2.33. The zero-order chi connectivity index (χ0) is 26.2. The summed E-state index contributed by atoms with van der Waals surface area (Å²) in [6.07, 6.45) is 0. The molecule has 188 valence electrons. The number of nitrogens with zero attached hydrogens (tertiary/aromatic N) is 1. The van der Waals surface area contributed by atoms with Gasteiger partial charge in [0.1, 0.15) is 17.7 Å². The minimum Gasteiger partial charge on any atom is -0.391 e. The molecule has 2 atom stereocenters. The number of nitrogens with one attached hydrogen (secondary N) is 2. The van der Waals surface area contributed by atoms with E-state index in [4.69, 9.17) is 16.0 Å². The van der Waals surface area contributed by atoms with Gasteiger partial charge < -0.3 is 4.42 Å². The highest BCUT2D eigenvalue weighted by molar-refractivity contribution is 7.89. The molecule has 0 saturated heterocycles. The number of halogens is 3. The number of hydrogen-bond donors (Lipinski definition) is 2. The minimum absolute atomic E-state index is 0.125. The van der Waals surface area contributed by atoms with Crippen LogP contribution in [0.4, 0.5) is 8.78 Å². The number of aromatic amines is 1. The Morgan fingerprint density at radius 2 is 1.75 bits per heavy atom. The number of aromatic nitrogens is 2. The van der Waals surface area contributed by atoms with Gasteiger partial charge in [-0.25, -0.2) is 27.1 Å². The van der Waals surface area contributed by atoms with Crippen molar-refractivity contribution in [1.82, 2.24) is 14.9 Å². The summed E-state index contributed by atoms with van der Waals surface area (Å²) in [5, 5.41) is 6.05. The van der Waals surface area contributed by atoms with Crippen LogP contribution in [0.2, 0.25) is 5.02 Å². The van der Waals surface area contributed by atoms with Gasteiger partial charge in [0.2, 0.25) is 15.9 Å². The highest BCUT2D eigenvalue weighted by Gasteiger charge is 2.33. The molecule has 1 heterocycles. The average Bonchev–Trinajstić information content (AvgIpc) is 3.27. The number of aryl methyl sites for hydroxylation is 1. The van der Waals surface area contributed by atoms with E-state index in [-0.39, 0.29) is 32.5 Å². The highest BCUT2D eigenvalue weighted by Crippen LogP contribution is 2.36. The molecule has 4 aromatic rings. The normalized spacial score (nSPS) is 13.5. The summed E-state index contributed by atoms with van der Waals surface area (Å²) < 4.78 is 63.8. The zero-order valence-corrected chi connectivity index (χ0v) is 21.0. The molecule has 0 aliphatic heterocycles. The smallest absolute Gasteiger partial charge is 0.391 e. The van der Waals surface area contributed by atoms with Gasteiger partial charge in [0.15, 0.2) is 0 Å². The van der Waals surface area contributed by atoms with Crippen LogP contribution in [0.1, 0.15) is 41.5 Å². The maximum atomic E-state index is 14.9. The summed E-state index contributed by atoms with van der Waals surface area (Å²) in [7, 11) is -4.32. The topological polar surface area (TPSA) is 105 Å². The molecule has 7 nitrogen and oxygen atoms in total. The van der Waals surface area contributed by atoms with Gasteiger partial charge >= 0.3 is 5.76 Å². The van der Waals surface area contributed by atoms with Gasteiger partial charge in [-0.2, -0.15) is 4.72 Å². The number of H-pyrrole nitrogens is 1. The van der Waals surface area contributed by atoms with Crippen molar-refractivity contribution in [2.24, 2.45) is 0 Å². The molecular formula is C25H22ClF2N3O4S. The summed E-state index contributed by atoms with van der Waals surface area (Å²) in [5.74, 6) is -3.10. The largest absolute Gasteiger partial charge is 0.434 e. The third kappa shape index (κ3) is 4.97. The van der Waals surface area contributed by atoms with E-state index in [2.05, 4.69) is 14.9 Å². The van der Waals surface area contributed by atoms with E-state index < -0.39 is 39.4 Å². The molecular weight excluding hydrogens is 512 g/mol. The van der Waals surface area contributed by atoms with Crippen molar-refractivity contribution in [3.8, 4) is 11.1 Å². The van der Waals surface area contributed by atoms with Gasteiger partial charge in [-0.3, -0.25) is 0 Å². The summed E-state index contributed by atoms with van der Waals surface area (Å²) in [6.45, 7) is 5.12. The van der Waals surface area contributed by atoms with Crippen LogP contribution in [-0.2, 0) is 10.0 Å². The van der Waals surface area contributed by atoms with Crippen LogP contribution in [0.25, 0.3) is 11.1 Å². The molecule has 3 aromatic carbocycles.